The van der Waals surface area contributed by atoms with Gasteiger partial charge in [0.15, 0.2) is 5.16 Å². The predicted molar refractivity (Wildman–Crippen MR) is 123 cm³/mol. The molecule has 0 aliphatic rings. The van der Waals surface area contributed by atoms with Crippen molar-refractivity contribution in [3.63, 3.8) is 0 Å². The van der Waals surface area contributed by atoms with Crippen molar-refractivity contribution in [2.75, 3.05) is 0 Å². The normalized spacial score (nSPS) is 12.3. The molecule has 0 aliphatic carbocycles. The van der Waals surface area contributed by atoms with E-state index in [1.54, 1.807) is 4.57 Å². The standard InChI is InChI=1S/C24H21ClN2OS/c1-15-12-13-18(14-16(15)2)27-23(28)20-9-5-7-11-22(20)26-24(27)29-17(3)19-8-4-6-10-21(19)25/h4-14,17H,1-3H3/t17-/m0/s1. The van der Waals surface area contributed by atoms with Crippen LogP contribution in [0.2, 0.25) is 5.02 Å². The molecular weight excluding hydrogens is 400 g/mol. The Morgan fingerprint density at radius 1 is 0.966 bits per heavy atom. The zero-order chi connectivity index (χ0) is 20.5. The van der Waals surface area contributed by atoms with E-state index in [1.165, 1.54) is 17.3 Å². The summed E-state index contributed by atoms with van der Waals surface area (Å²) in [5.74, 6) is 0. The maximum Gasteiger partial charge on any atom is 0.266 e. The summed E-state index contributed by atoms with van der Waals surface area (Å²) >= 11 is 7.94. The van der Waals surface area contributed by atoms with Crippen LogP contribution in [0.1, 0.15) is 28.9 Å². The van der Waals surface area contributed by atoms with Crippen molar-refractivity contribution in [3.8, 4) is 5.69 Å². The molecule has 1 atom stereocenters. The molecule has 0 unspecified atom stereocenters. The van der Waals surface area contributed by atoms with Gasteiger partial charge in [-0.25, -0.2) is 4.98 Å². The third-order valence-corrected chi connectivity index (χ3v) is 6.56. The van der Waals surface area contributed by atoms with Crippen LogP contribution in [0.25, 0.3) is 16.6 Å². The Bertz CT molecular complexity index is 1270. The molecule has 1 heterocycles. The SMILES string of the molecule is Cc1ccc(-n2c(S[C@@H](C)c3ccccc3Cl)nc3ccccc3c2=O)cc1C. The molecule has 29 heavy (non-hydrogen) atoms. The molecule has 0 spiro atoms. The summed E-state index contributed by atoms with van der Waals surface area (Å²) in [4.78, 5) is 18.3. The molecule has 146 valence electrons. The molecule has 1 aromatic heterocycles. The number of hydrogen-bond acceptors (Lipinski definition) is 3. The molecule has 3 nitrogen and oxygen atoms in total. The van der Waals surface area contributed by atoms with Crippen LogP contribution in [-0.2, 0) is 0 Å². The Balaban J connectivity index is 1.91. The third-order valence-electron chi connectivity index (χ3n) is 5.12. The summed E-state index contributed by atoms with van der Waals surface area (Å²) < 4.78 is 1.72. The highest BCUT2D eigenvalue weighted by Gasteiger charge is 2.18. The van der Waals surface area contributed by atoms with E-state index in [0.717, 1.165) is 16.8 Å². The highest BCUT2D eigenvalue weighted by Crippen LogP contribution is 2.37. The number of benzene rings is 3. The number of thioether (sulfide) groups is 1. The molecule has 5 heteroatoms. The number of para-hydroxylation sites is 1. The van der Waals surface area contributed by atoms with E-state index in [1.807, 2.05) is 66.7 Å². The Kier molecular flexibility index (Phi) is 5.48. The van der Waals surface area contributed by atoms with Crippen molar-refractivity contribution in [1.29, 1.82) is 0 Å². The summed E-state index contributed by atoms with van der Waals surface area (Å²) in [5, 5.41) is 2.02. The van der Waals surface area contributed by atoms with E-state index < -0.39 is 0 Å². The lowest BCUT2D eigenvalue weighted by Crippen LogP contribution is -2.22. The van der Waals surface area contributed by atoms with Gasteiger partial charge in [-0.15, -0.1) is 0 Å². The van der Waals surface area contributed by atoms with Crippen LogP contribution in [0.4, 0.5) is 0 Å². The molecule has 0 N–H and O–H groups in total. The van der Waals surface area contributed by atoms with E-state index in [2.05, 4.69) is 20.8 Å². The Hall–Kier alpha value is -2.56. The average molecular weight is 421 g/mol. The van der Waals surface area contributed by atoms with Crippen molar-refractivity contribution >= 4 is 34.3 Å². The minimum absolute atomic E-state index is 0.0366. The van der Waals surface area contributed by atoms with Crippen LogP contribution in [0.3, 0.4) is 0 Å². The molecular formula is C24H21ClN2OS. The van der Waals surface area contributed by atoms with Crippen LogP contribution in [0, 0.1) is 13.8 Å². The fourth-order valence-corrected chi connectivity index (χ4v) is 4.77. The number of aryl methyl sites for hydroxylation is 2. The van der Waals surface area contributed by atoms with Gasteiger partial charge >= 0.3 is 0 Å². The largest absolute Gasteiger partial charge is 0.268 e. The van der Waals surface area contributed by atoms with Crippen molar-refractivity contribution in [2.45, 2.75) is 31.2 Å². The monoisotopic (exact) mass is 420 g/mol. The Morgan fingerprint density at radius 2 is 1.69 bits per heavy atom. The van der Waals surface area contributed by atoms with Gasteiger partial charge in [0, 0.05) is 10.3 Å². The Morgan fingerprint density at radius 3 is 2.45 bits per heavy atom. The summed E-state index contributed by atoms with van der Waals surface area (Å²) in [7, 11) is 0. The van der Waals surface area contributed by atoms with Crippen LogP contribution >= 0.6 is 23.4 Å². The van der Waals surface area contributed by atoms with Gasteiger partial charge in [-0.2, -0.15) is 0 Å². The van der Waals surface area contributed by atoms with Crippen LogP contribution in [-0.4, -0.2) is 9.55 Å². The second-order valence-corrected chi connectivity index (χ2v) is 8.82. The third kappa shape index (κ3) is 3.83. The number of hydrogen-bond donors (Lipinski definition) is 0. The molecule has 0 saturated heterocycles. The van der Waals surface area contributed by atoms with Crippen LogP contribution in [0.15, 0.2) is 76.7 Å². The predicted octanol–water partition coefficient (Wildman–Crippen LogP) is 6.51. The average Bonchev–Trinajstić information content (AvgIpc) is 2.71. The van der Waals surface area contributed by atoms with E-state index in [0.29, 0.717) is 21.1 Å². The zero-order valence-electron chi connectivity index (χ0n) is 16.5. The van der Waals surface area contributed by atoms with Crippen molar-refractivity contribution in [3.05, 3.63) is 98.8 Å². The molecule has 0 saturated carbocycles. The number of halogens is 1. The minimum Gasteiger partial charge on any atom is -0.268 e. The number of nitrogens with zero attached hydrogens (tertiary/aromatic N) is 2. The van der Waals surface area contributed by atoms with E-state index in [9.17, 15) is 4.79 Å². The quantitative estimate of drug-likeness (QED) is 0.279. The van der Waals surface area contributed by atoms with Gasteiger partial charge in [-0.1, -0.05) is 59.8 Å². The fraction of sp³-hybridized carbons (Fsp3) is 0.167. The summed E-state index contributed by atoms with van der Waals surface area (Å²) in [6, 6.07) is 21.3. The first-order chi connectivity index (χ1) is 14.0. The lowest BCUT2D eigenvalue weighted by molar-refractivity contribution is 0.814. The van der Waals surface area contributed by atoms with Gasteiger partial charge in [0.2, 0.25) is 0 Å². The van der Waals surface area contributed by atoms with Crippen LogP contribution in [0.5, 0.6) is 0 Å². The lowest BCUT2D eigenvalue weighted by atomic mass is 10.1. The highest BCUT2D eigenvalue weighted by molar-refractivity contribution is 7.99. The van der Waals surface area contributed by atoms with Crippen molar-refractivity contribution in [1.82, 2.24) is 9.55 Å². The Labute approximate surface area is 179 Å². The maximum absolute atomic E-state index is 13.4. The molecule has 0 amide bonds. The van der Waals surface area contributed by atoms with Crippen molar-refractivity contribution < 1.29 is 0 Å². The van der Waals surface area contributed by atoms with Gasteiger partial charge in [0.25, 0.3) is 5.56 Å². The highest BCUT2D eigenvalue weighted by atomic mass is 35.5. The van der Waals surface area contributed by atoms with Gasteiger partial charge in [-0.05, 0) is 67.8 Å². The maximum atomic E-state index is 13.4. The van der Waals surface area contributed by atoms with Crippen LogP contribution < -0.4 is 5.56 Å². The smallest absolute Gasteiger partial charge is 0.266 e. The van der Waals surface area contributed by atoms with E-state index in [-0.39, 0.29) is 10.8 Å². The minimum atomic E-state index is -0.0623. The molecule has 4 aromatic rings. The molecule has 0 aliphatic heterocycles. The number of rotatable bonds is 4. The first-order valence-electron chi connectivity index (χ1n) is 9.46. The topological polar surface area (TPSA) is 34.9 Å². The molecule has 0 fully saturated rings. The summed E-state index contributed by atoms with van der Waals surface area (Å²) in [6.45, 7) is 6.20. The molecule has 3 aromatic carbocycles. The molecule has 4 rings (SSSR count). The van der Waals surface area contributed by atoms with Crippen molar-refractivity contribution in [2.24, 2.45) is 0 Å². The lowest BCUT2D eigenvalue weighted by Gasteiger charge is -2.18. The molecule has 0 radical (unpaired) electrons. The second kappa shape index (κ2) is 8.05. The number of aromatic nitrogens is 2. The molecule has 0 bridgehead atoms. The first-order valence-corrected chi connectivity index (χ1v) is 10.7. The van der Waals surface area contributed by atoms with Gasteiger partial charge in [0.1, 0.15) is 0 Å². The van der Waals surface area contributed by atoms with E-state index >= 15 is 0 Å². The fourth-order valence-electron chi connectivity index (χ4n) is 3.31. The van der Waals surface area contributed by atoms with Gasteiger partial charge < -0.3 is 0 Å². The van der Waals surface area contributed by atoms with Gasteiger partial charge in [-0.3, -0.25) is 9.36 Å². The second-order valence-electron chi connectivity index (χ2n) is 7.10. The summed E-state index contributed by atoms with van der Waals surface area (Å²) in [5.41, 5.74) is 4.81. The zero-order valence-corrected chi connectivity index (χ0v) is 18.1. The van der Waals surface area contributed by atoms with Gasteiger partial charge in [0.05, 0.1) is 16.6 Å². The van der Waals surface area contributed by atoms with E-state index in [4.69, 9.17) is 16.6 Å². The first kappa shape index (κ1) is 19.7. The number of fused-ring (bicyclic) bond motifs is 1. The summed E-state index contributed by atoms with van der Waals surface area (Å²) in [6.07, 6.45) is 0.